The summed E-state index contributed by atoms with van der Waals surface area (Å²) >= 11 is 0. The molecule has 0 radical (unpaired) electrons. The van der Waals surface area contributed by atoms with Crippen LogP contribution < -0.4 is 15.8 Å². The van der Waals surface area contributed by atoms with E-state index in [0.717, 1.165) is 11.4 Å². The zero-order valence-corrected chi connectivity index (χ0v) is 23.6. The molecule has 0 bridgehead atoms. The zero-order chi connectivity index (χ0) is 30.0. The Kier molecular flexibility index (Phi) is 11.6. The molecular weight excluding hydrogens is 542 g/mol. The molecule has 5 N–H and O–H groups in total. The summed E-state index contributed by atoms with van der Waals surface area (Å²) in [5.74, 6) is -1.17. The van der Waals surface area contributed by atoms with Crippen LogP contribution in [-0.2, 0) is 30.8 Å². The number of nitrogen functional groups attached to an aromatic ring is 1. The highest BCUT2D eigenvalue weighted by Crippen LogP contribution is 2.27. The Labute approximate surface area is 233 Å². The van der Waals surface area contributed by atoms with Crippen LogP contribution >= 0.6 is 0 Å². The molecule has 1 fully saturated rings. The molecule has 13 nitrogen and oxygen atoms in total. The molecule has 0 saturated carbocycles. The van der Waals surface area contributed by atoms with Crippen molar-refractivity contribution >= 4 is 33.8 Å². The predicted octanol–water partition coefficient (Wildman–Crippen LogP) is 0.693. The van der Waals surface area contributed by atoms with Crippen LogP contribution in [0.25, 0.3) is 0 Å². The first-order valence-electron chi connectivity index (χ1n) is 12.2. The van der Waals surface area contributed by atoms with Gasteiger partial charge in [0.1, 0.15) is 23.7 Å². The van der Waals surface area contributed by atoms with Crippen LogP contribution in [0.2, 0.25) is 0 Å². The zero-order valence-electron chi connectivity index (χ0n) is 22.8. The van der Waals surface area contributed by atoms with E-state index in [2.05, 4.69) is 5.32 Å². The molecule has 1 saturated heterocycles. The Morgan fingerprint density at radius 1 is 1.12 bits per heavy atom. The number of hydrogen-bond acceptors (Lipinski definition) is 9. The first-order valence-corrected chi connectivity index (χ1v) is 13.7. The van der Waals surface area contributed by atoms with Crippen LogP contribution in [-0.4, -0.2) is 93.5 Å². The molecular formula is C26H35N5O8S. The SMILES string of the molecule is CO.COC(=O)[C@H](Cc1ccc(OC(=O)N(C)C)cc1)NC(=O)[C@@H]1CCCN1S(=O)(=O)c1ccc(C(=N)N)cc1. The number of nitrogens with zero attached hydrogens (tertiary/aromatic N) is 2. The van der Waals surface area contributed by atoms with E-state index in [4.69, 9.17) is 25.7 Å². The van der Waals surface area contributed by atoms with Gasteiger partial charge in [0.15, 0.2) is 0 Å². The Balaban J connectivity index is 0.00000274. The molecule has 40 heavy (non-hydrogen) atoms. The van der Waals surface area contributed by atoms with Gasteiger partial charge >= 0.3 is 12.1 Å². The lowest BCUT2D eigenvalue weighted by molar-refractivity contribution is -0.145. The molecule has 1 aliphatic heterocycles. The lowest BCUT2D eigenvalue weighted by Gasteiger charge is -2.25. The largest absolute Gasteiger partial charge is 0.467 e. The number of methoxy groups -OCH3 is 1. The van der Waals surface area contributed by atoms with Gasteiger partial charge in [-0.05, 0) is 54.8 Å². The summed E-state index contributed by atoms with van der Waals surface area (Å²) in [5, 5.41) is 17.1. The van der Waals surface area contributed by atoms with Crippen LogP contribution in [0.3, 0.4) is 0 Å². The number of benzene rings is 2. The molecule has 0 spiro atoms. The molecule has 2 atom stereocenters. The second-order valence-electron chi connectivity index (χ2n) is 8.91. The number of sulfonamides is 1. The smallest absolute Gasteiger partial charge is 0.414 e. The summed E-state index contributed by atoms with van der Waals surface area (Å²) in [5.41, 5.74) is 6.48. The van der Waals surface area contributed by atoms with Gasteiger partial charge in [-0.1, -0.05) is 12.1 Å². The maximum atomic E-state index is 13.3. The molecule has 3 rings (SSSR count). The quantitative estimate of drug-likeness (QED) is 0.189. The van der Waals surface area contributed by atoms with E-state index in [1.165, 1.54) is 36.3 Å². The summed E-state index contributed by atoms with van der Waals surface area (Å²) in [6, 6.07) is 9.91. The van der Waals surface area contributed by atoms with Crippen molar-refractivity contribution in [2.75, 3.05) is 34.9 Å². The van der Waals surface area contributed by atoms with Crippen molar-refractivity contribution in [3.8, 4) is 5.75 Å². The Bertz CT molecular complexity index is 1300. The number of nitrogens with two attached hydrogens (primary N) is 1. The van der Waals surface area contributed by atoms with E-state index in [1.807, 2.05) is 0 Å². The number of ether oxygens (including phenoxy) is 2. The summed E-state index contributed by atoms with van der Waals surface area (Å²) in [4.78, 5) is 38.6. The fourth-order valence-corrected chi connectivity index (χ4v) is 5.61. The van der Waals surface area contributed by atoms with Gasteiger partial charge in [0.05, 0.1) is 12.0 Å². The van der Waals surface area contributed by atoms with Crippen LogP contribution in [0.15, 0.2) is 53.4 Å². The summed E-state index contributed by atoms with van der Waals surface area (Å²) in [6.07, 6.45) is 0.296. The minimum absolute atomic E-state index is 0.0261. The summed E-state index contributed by atoms with van der Waals surface area (Å²) in [6.45, 7) is 0.144. The Morgan fingerprint density at radius 3 is 2.25 bits per heavy atom. The van der Waals surface area contributed by atoms with E-state index in [-0.39, 0.29) is 30.1 Å². The normalized spacial score (nSPS) is 15.7. The average molecular weight is 578 g/mol. The molecule has 218 valence electrons. The summed E-state index contributed by atoms with van der Waals surface area (Å²) in [7, 11) is 1.29. The maximum absolute atomic E-state index is 13.3. The highest BCUT2D eigenvalue weighted by molar-refractivity contribution is 7.89. The highest BCUT2D eigenvalue weighted by Gasteiger charge is 2.40. The first kappa shape index (κ1) is 32.2. The van der Waals surface area contributed by atoms with Crippen molar-refractivity contribution in [3.63, 3.8) is 0 Å². The molecule has 1 heterocycles. The third-order valence-electron chi connectivity index (χ3n) is 6.01. The topological polar surface area (TPSA) is 192 Å². The fraction of sp³-hybridized carbons (Fsp3) is 0.385. The van der Waals surface area contributed by atoms with Crippen LogP contribution in [0.1, 0.15) is 24.0 Å². The number of esters is 1. The van der Waals surface area contributed by atoms with Crippen molar-refractivity contribution < 1.29 is 37.4 Å². The number of carbonyl (C=O) groups excluding carboxylic acids is 3. The number of hydrogen-bond donors (Lipinski definition) is 4. The number of amidine groups is 1. The van der Waals surface area contributed by atoms with E-state index in [9.17, 15) is 22.8 Å². The van der Waals surface area contributed by atoms with Crippen molar-refractivity contribution in [2.45, 2.75) is 36.2 Å². The van der Waals surface area contributed by atoms with E-state index in [0.29, 0.717) is 23.3 Å². The molecule has 2 amide bonds. The van der Waals surface area contributed by atoms with Crippen LogP contribution in [0, 0.1) is 5.41 Å². The van der Waals surface area contributed by atoms with Crippen LogP contribution in [0.5, 0.6) is 5.75 Å². The lowest BCUT2D eigenvalue weighted by Crippen LogP contribution is -2.51. The number of carbonyl (C=O) groups is 3. The van der Waals surface area contributed by atoms with Gasteiger partial charge in [-0.15, -0.1) is 0 Å². The monoisotopic (exact) mass is 577 g/mol. The van der Waals surface area contributed by atoms with Gasteiger partial charge in [-0.3, -0.25) is 10.2 Å². The molecule has 2 aromatic carbocycles. The molecule has 0 unspecified atom stereocenters. The highest BCUT2D eigenvalue weighted by atomic mass is 32.2. The minimum Gasteiger partial charge on any atom is -0.467 e. The van der Waals surface area contributed by atoms with Gasteiger partial charge < -0.3 is 30.5 Å². The molecule has 0 aromatic heterocycles. The fourth-order valence-electron chi connectivity index (χ4n) is 3.96. The number of rotatable bonds is 9. The van der Waals surface area contributed by atoms with Gasteiger partial charge in [-0.25, -0.2) is 18.0 Å². The second-order valence-corrected chi connectivity index (χ2v) is 10.8. The van der Waals surface area contributed by atoms with Crippen LogP contribution in [0.4, 0.5) is 4.79 Å². The van der Waals surface area contributed by atoms with Crippen molar-refractivity contribution in [1.82, 2.24) is 14.5 Å². The average Bonchev–Trinajstić information content (AvgIpc) is 3.45. The van der Waals surface area contributed by atoms with Crippen molar-refractivity contribution in [2.24, 2.45) is 5.73 Å². The third-order valence-corrected chi connectivity index (χ3v) is 7.94. The standard InChI is InChI=1S/C25H31N5O7S.CH4O/c1-29(2)25(33)37-18-10-6-16(7-11-18)15-20(24(32)36-3)28-23(31)21-5-4-14-30(21)38(34,35)19-12-8-17(9-13-19)22(26)27;1-2/h6-13,20-21H,4-5,14-15H2,1-3H3,(H3,26,27)(H,28,31);2H,1H3/t20-,21-;/m0./s1. The number of nitrogens with one attached hydrogen (secondary N) is 2. The maximum Gasteiger partial charge on any atom is 0.414 e. The van der Waals surface area contributed by atoms with Crippen molar-refractivity contribution in [1.29, 1.82) is 5.41 Å². The minimum atomic E-state index is -4.02. The van der Waals surface area contributed by atoms with Crippen molar-refractivity contribution in [3.05, 3.63) is 59.7 Å². The number of aliphatic hydroxyl groups excluding tert-OH is 1. The third kappa shape index (κ3) is 8.00. The van der Waals surface area contributed by atoms with Gasteiger partial charge in [-0.2, -0.15) is 4.31 Å². The molecule has 0 aliphatic carbocycles. The van der Waals surface area contributed by atoms with E-state index >= 15 is 0 Å². The van der Waals surface area contributed by atoms with E-state index < -0.39 is 40.1 Å². The van der Waals surface area contributed by atoms with Gasteiger partial charge in [0.25, 0.3) is 0 Å². The predicted molar refractivity (Wildman–Crippen MR) is 146 cm³/mol. The molecule has 2 aromatic rings. The Morgan fingerprint density at radius 2 is 1.73 bits per heavy atom. The van der Waals surface area contributed by atoms with Gasteiger partial charge in [0, 0.05) is 39.7 Å². The first-order chi connectivity index (χ1) is 18.9. The lowest BCUT2D eigenvalue weighted by atomic mass is 10.0. The van der Waals surface area contributed by atoms with Gasteiger partial charge in [0.2, 0.25) is 15.9 Å². The summed E-state index contributed by atoms with van der Waals surface area (Å²) < 4.78 is 37.7. The Hall–Kier alpha value is -4.01. The molecule has 1 aliphatic rings. The molecule has 14 heteroatoms. The van der Waals surface area contributed by atoms with E-state index in [1.54, 1.807) is 38.4 Å². The number of aliphatic hydroxyl groups is 1. The second kappa shape index (κ2) is 14.4. The number of amides is 2.